The molecular weight excluding hydrogens is 308 g/mol. The van der Waals surface area contributed by atoms with E-state index in [1.807, 2.05) is 49.1 Å². The lowest BCUT2D eigenvalue weighted by atomic mass is 10.0. The van der Waals surface area contributed by atoms with Gasteiger partial charge in [-0.1, -0.05) is 29.7 Å². The maximum atomic E-state index is 12.4. The highest BCUT2D eigenvalue weighted by Gasteiger charge is 2.26. The van der Waals surface area contributed by atoms with E-state index >= 15 is 0 Å². The molecule has 23 heavy (non-hydrogen) atoms. The lowest BCUT2D eigenvalue weighted by Gasteiger charge is -2.31. The molecule has 3 rings (SSSR count). The van der Waals surface area contributed by atoms with Gasteiger partial charge in [-0.3, -0.25) is 4.79 Å². The minimum atomic E-state index is 0.0550. The maximum absolute atomic E-state index is 12.4. The Kier molecular flexibility index (Phi) is 4.36. The van der Waals surface area contributed by atoms with Crippen molar-refractivity contribution >= 4 is 17.5 Å². The molecule has 0 saturated heterocycles. The Morgan fingerprint density at radius 3 is 2.70 bits per heavy atom. The molecule has 0 saturated carbocycles. The van der Waals surface area contributed by atoms with Gasteiger partial charge in [-0.25, -0.2) is 4.98 Å². The standard InChI is InChI=1S/C19H17ClN2O/c1-13(2)22-12-11-18-16(19(22)23)10-9-15(21-18)8-7-14-5-3-4-6-17(14)20/h3-6,9-10,13H,11-12H2,1-2H3. The molecule has 1 aromatic carbocycles. The number of halogens is 1. The van der Waals surface area contributed by atoms with Crippen LogP contribution in [0.5, 0.6) is 0 Å². The highest BCUT2D eigenvalue weighted by Crippen LogP contribution is 2.19. The second-order valence-corrected chi connectivity index (χ2v) is 6.17. The van der Waals surface area contributed by atoms with Crippen molar-refractivity contribution in [2.75, 3.05) is 6.54 Å². The first-order chi connectivity index (χ1) is 11.1. The van der Waals surface area contributed by atoms with Crippen LogP contribution < -0.4 is 0 Å². The molecule has 1 aliphatic rings. The van der Waals surface area contributed by atoms with Crippen LogP contribution in [0.3, 0.4) is 0 Å². The Morgan fingerprint density at radius 2 is 1.96 bits per heavy atom. The van der Waals surface area contributed by atoms with Gasteiger partial charge in [0.25, 0.3) is 5.91 Å². The van der Waals surface area contributed by atoms with Crippen LogP contribution in [0.2, 0.25) is 5.02 Å². The van der Waals surface area contributed by atoms with Gasteiger partial charge in [0.1, 0.15) is 5.69 Å². The molecule has 2 aromatic rings. The predicted octanol–water partition coefficient (Wildman–Crippen LogP) is 3.54. The van der Waals surface area contributed by atoms with Crippen LogP contribution in [0.15, 0.2) is 36.4 Å². The van der Waals surface area contributed by atoms with Crippen molar-refractivity contribution < 1.29 is 4.79 Å². The number of aromatic nitrogens is 1. The summed E-state index contributed by atoms with van der Waals surface area (Å²) in [6.07, 6.45) is 0.765. The summed E-state index contributed by atoms with van der Waals surface area (Å²) in [6.45, 7) is 4.76. The van der Waals surface area contributed by atoms with Gasteiger partial charge in [0.05, 0.1) is 16.3 Å². The Balaban J connectivity index is 1.89. The summed E-state index contributed by atoms with van der Waals surface area (Å²) in [6, 6.07) is 11.3. The lowest BCUT2D eigenvalue weighted by Crippen LogP contribution is -2.42. The Bertz CT molecular complexity index is 818. The third-order valence-corrected chi connectivity index (χ3v) is 4.21. The second kappa shape index (κ2) is 6.44. The molecule has 2 heterocycles. The molecular formula is C19H17ClN2O. The predicted molar refractivity (Wildman–Crippen MR) is 91.5 cm³/mol. The molecule has 116 valence electrons. The number of fused-ring (bicyclic) bond motifs is 1. The van der Waals surface area contributed by atoms with Crippen molar-refractivity contribution in [1.29, 1.82) is 0 Å². The van der Waals surface area contributed by atoms with Crippen molar-refractivity contribution in [3.63, 3.8) is 0 Å². The summed E-state index contributed by atoms with van der Waals surface area (Å²) in [7, 11) is 0. The molecule has 0 unspecified atom stereocenters. The van der Waals surface area contributed by atoms with Crippen LogP contribution in [-0.2, 0) is 6.42 Å². The molecule has 3 nitrogen and oxygen atoms in total. The van der Waals surface area contributed by atoms with Gasteiger partial charge in [0, 0.05) is 24.6 Å². The normalized spacial score (nSPS) is 13.6. The molecule has 0 spiro atoms. The first-order valence-electron chi connectivity index (χ1n) is 7.63. The van der Waals surface area contributed by atoms with E-state index in [2.05, 4.69) is 16.8 Å². The van der Waals surface area contributed by atoms with E-state index in [1.165, 1.54) is 0 Å². The van der Waals surface area contributed by atoms with E-state index in [9.17, 15) is 4.79 Å². The number of hydrogen-bond acceptors (Lipinski definition) is 2. The van der Waals surface area contributed by atoms with Gasteiger partial charge in [-0.05, 0) is 44.0 Å². The fraction of sp³-hybridized carbons (Fsp3) is 0.263. The lowest BCUT2D eigenvalue weighted by molar-refractivity contribution is 0.0686. The van der Waals surface area contributed by atoms with Crippen LogP contribution in [0.1, 0.15) is 41.2 Å². The summed E-state index contributed by atoms with van der Waals surface area (Å²) in [5, 5.41) is 0.626. The van der Waals surface area contributed by atoms with Crippen LogP contribution in [-0.4, -0.2) is 28.4 Å². The molecule has 0 radical (unpaired) electrons. The van der Waals surface area contributed by atoms with E-state index < -0.39 is 0 Å². The fourth-order valence-corrected chi connectivity index (χ4v) is 2.81. The minimum Gasteiger partial charge on any atom is -0.336 e. The quantitative estimate of drug-likeness (QED) is 0.752. The Morgan fingerprint density at radius 1 is 1.17 bits per heavy atom. The summed E-state index contributed by atoms with van der Waals surface area (Å²) in [5.41, 5.74) is 2.95. The van der Waals surface area contributed by atoms with Crippen LogP contribution >= 0.6 is 11.6 Å². The first-order valence-corrected chi connectivity index (χ1v) is 8.01. The van der Waals surface area contributed by atoms with Crippen LogP contribution in [0, 0.1) is 11.8 Å². The molecule has 1 aromatic heterocycles. The number of benzene rings is 1. The van der Waals surface area contributed by atoms with E-state index in [0.717, 1.165) is 17.7 Å². The number of amides is 1. The van der Waals surface area contributed by atoms with Gasteiger partial charge in [0.2, 0.25) is 0 Å². The summed E-state index contributed by atoms with van der Waals surface area (Å²) in [4.78, 5) is 18.8. The number of pyridine rings is 1. The average molecular weight is 325 g/mol. The van der Waals surface area contributed by atoms with Crippen molar-refractivity contribution in [3.8, 4) is 11.8 Å². The van der Waals surface area contributed by atoms with Crippen molar-refractivity contribution in [1.82, 2.24) is 9.88 Å². The number of nitrogens with zero attached hydrogens (tertiary/aromatic N) is 2. The minimum absolute atomic E-state index is 0.0550. The third-order valence-electron chi connectivity index (χ3n) is 3.88. The van der Waals surface area contributed by atoms with Gasteiger partial charge in [0.15, 0.2) is 0 Å². The van der Waals surface area contributed by atoms with Gasteiger partial charge < -0.3 is 4.90 Å². The zero-order chi connectivity index (χ0) is 16.4. The van der Waals surface area contributed by atoms with E-state index in [1.54, 1.807) is 6.07 Å². The molecule has 1 aliphatic heterocycles. The largest absolute Gasteiger partial charge is 0.336 e. The van der Waals surface area contributed by atoms with Crippen molar-refractivity contribution in [3.05, 3.63) is 63.9 Å². The Hall–Kier alpha value is -2.31. The highest BCUT2D eigenvalue weighted by molar-refractivity contribution is 6.31. The van der Waals surface area contributed by atoms with Crippen LogP contribution in [0.25, 0.3) is 0 Å². The average Bonchev–Trinajstić information content (AvgIpc) is 2.54. The highest BCUT2D eigenvalue weighted by atomic mass is 35.5. The second-order valence-electron chi connectivity index (χ2n) is 5.76. The van der Waals surface area contributed by atoms with Crippen molar-refractivity contribution in [2.45, 2.75) is 26.3 Å². The topological polar surface area (TPSA) is 33.2 Å². The van der Waals surface area contributed by atoms with Gasteiger partial charge in [-0.15, -0.1) is 0 Å². The Labute approximate surface area is 141 Å². The summed E-state index contributed by atoms with van der Waals surface area (Å²) < 4.78 is 0. The molecule has 0 aliphatic carbocycles. The number of rotatable bonds is 1. The third kappa shape index (κ3) is 3.23. The number of carbonyl (C=O) groups is 1. The van der Waals surface area contributed by atoms with Crippen LogP contribution in [0.4, 0.5) is 0 Å². The SMILES string of the molecule is CC(C)N1CCc2nc(C#Cc3ccccc3Cl)ccc2C1=O. The fourth-order valence-electron chi connectivity index (χ4n) is 2.63. The molecule has 0 atom stereocenters. The van der Waals surface area contributed by atoms with Gasteiger partial charge in [-0.2, -0.15) is 0 Å². The molecule has 0 bridgehead atoms. The molecule has 4 heteroatoms. The number of hydrogen-bond donors (Lipinski definition) is 0. The van der Waals surface area contributed by atoms with E-state index in [4.69, 9.17) is 11.6 Å². The molecule has 0 fully saturated rings. The van der Waals surface area contributed by atoms with Crippen molar-refractivity contribution in [2.24, 2.45) is 0 Å². The van der Waals surface area contributed by atoms with Gasteiger partial charge >= 0.3 is 0 Å². The molecule has 0 N–H and O–H groups in total. The maximum Gasteiger partial charge on any atom is 0.255 e. The monoisotopic (exact) mass is 324 g/mol. The smallest absolute Gasteiger partial charge is 0.255 e. The number of carbonyl (C=O) groups excluding carboxylic acids is 1. The zero-order valence-electron chi connectivity index (χ0n) is 13.1. The summed E-state index contributed by atoms with van der Waals surface area (Å²) in [5.74, 6) is 6.12. The first kappa shape index (κ1) is 15.6. The van der Waals surface area contributed by atoms with E-state index in [-0.39, 0.29) is 11.9 Å². The summed E-state index contributed by atoms with van der Waals surface area (Å²) >= 11 is 6.10. The molecule has 1 amide bonds. The van der Waals surface area contributed by atoms with E-state index in [0.29, 0.717) is 22.8 Å². The zero-order valence-corrected chi connectivity index (χ0v) is 13.9.